The average Bonchev–Trinajstić information content (AvgIpc) is 2.33. The van der Waals surface area contributed by atoms with Gasteiger partial charge in [-0.25, -0.2) is 4.79 Å². The molecule has 0 fully saturated rings. The van der Waals surface area contributed by atoms with Crippen molar-refractivity contribution in [2.45, 2.75) is 12.6 Å². The van der Waals surface area contributed by atoms with Crippen LogP contribution in [0.15, 0.2) is 24.3 Å². The smallest absolute Gasteiger partial charge is 0.416 e. The van der Waals surface area contributed by atoms with Gasteiger partial charge >= 0.3 is 12.3 Å². The fourth-order valence-corrected chi connectivity index (χ4v) is 1.73. The molecule has 0 atom stereocenters. The van der Waals surface area contributed by atoms with Crippen molar-refractivity contribution in [3.63, 3.8) is 0 Å². The number of nitrogens with two attached hydrogens (primary N) is 1. The molecular weight excluding hydrogens is 297 g/mol. The summed E-state index contributed by atoms with van der Waals surface area (Å²) in [5.74, 6) is 0. The predicted molar refractivity (Wildman–Crippen MR) is 71.0 cm³/mol. The molecule has 8 heteroatoms. The lowest BCUT2D eigenvalue weighted by Gasteiger charge is -2.19. The molecule has 1 rings (SSSR count). The maximum atomic E-state index is 12.7. The van der Waals surface area contributed by atoms with E-state index in [9.17, 15) is 18.0 Å². The number of alkyl halides is 3. The third kappa shape index (κ3) is 5.26. The first-order valence-corrected chi connectivity index (χ1v) is 5.69. The number of hydrogen-bond acceptors (Lipinski definition) is 2. The van der Waals surface area contributed by atoms with Crippen LogP contribution in [0.3, 0.4) is 0 Å². The Hall–Kier alpha value is -1.47. The molecule has 1 amide bonds. The molecule has 0 saturated heterocycles. The summed E-state index contributed by atoms with van der Waals surface area (Å²) in [6, 6.07) is 5.15. The molecule has 0 radical (unpaired) electrons. The van der Waals surface area contributed by atoms with Gasteiger partial charge in [0.25, 0.3) is 0 Å². The second kappa shape index (κ2) is 7.96. The van der Waals surface area contributed by atoms with Crippen LogP contribution in [0.1, 0.15) is 11.1 Å². The number of rotatable bonds is 5. The Labute approximate surface area is 120 Å². The van der Waals surface area contributed by atoms with Crippen molar-refractivity contribution < 1.29 is 23.1 Å². The van der Waals surface area contributed by atoms with Crippen LogP contribution in [0.2, 0.25) is 0 Å². The van der Waals surface area contributed by atoms with Crippen LogP contribution in [0, 0.1) is 0 Å². The molecule has 1 aromatic rings. The molecule has 0 aliphatic heterocycles. The molecule has 0 aliphatic carbocycles. The molecule has 0 aliphatic rings. The highest BCUT2D eigenvalue weighted by molar-refractivity contribution is 5.85. The molecule has 3 N–H and O–H groups in total. The van der Waals surface area contributed by atoms with Crippen LogP contribution < -0.4 is 5.73 Å². The highest BCUT2D eigenvalue weighted by Gasteiger charge is 2.32. The summed E-state index contributed by atoms with van der Waals surface area (Å²) in [7, 11) is 0. The molecule has 4 nitrogen and oxygen atoms in total. The highest BCUT2D eigenvalue weighted by atomic mass is 35.5. The van der Waals surface area contributed by atoms with Crippen LogP contribution in [0.5, 0.6) is 0 Å². The van der Waals surface area contributed by atoms with Crippen molar-refractivity contribution in [1.82, 2.24) is 4.90 Å². The zero-order chi connectivity index (χ0) is 14.5. The van der Waals surface area contributed by atoms with Crippen molar-refractivity contribution in [2.75, 3.05) is 19.6 Å². The van der Waals surface area contributed by atoms with Crippen LogP contribution in [-0.2, 0) is 12.6 Å². The summed E-state index contributed by atoms with van der Waals surface area (Å²) in [6.45, 7) is 0.219. The molecule has 1 aromatic carbocycles. The minimum Gasteiger partial charge on any atom is -0.465 e. The molecule has 20 heavy (non-hydrogen) atoms. The highest BCUT2D eigenvalue weighted by Crippen LogP contribution is 2.32. The molecular formula is C12H16ClF3N2O2. The van der Waals surface area contributed by atoms with E-state index in [0.717, 1.165) is 11.0 Å². The summed E-state index contributed by atoms with van der Waals surface area (Å²) in [4.78, 5) is 11.8. The number of carboxylic acid groups (broad SMARTS) is 1. The van der Waals surface area contributed by atoms with Gasteiger partial charge in [-0.05, 0) is 18.1 Å². The Balaban J connectivity index is 0.00000361. The molecule has 114 valence electrons. The third-order valence-corrected chi connectivity index (χ3v) is 2.64. The van der Waals surface area contributed by atoms with E-state index in [4.69, 9.17) is 10.8 Å². The normalized spacial score (nSPS) is 10.8. The van der Waals surface area contributed by atoms with Crippen LogP contribution in [-0.4, -0.2) is 35.7 Å². The van der Waals surface area contributed by atoms with E-state index in [1.54, 1.807) is 0 Å². The van der Waals surface area contributed by atoms with Crippen molar-refractivity contribution in [3.8, 4) is 0 Å². The quantitative estimate of drug-likeness (QED) is 0.878. The minimum absolute atomic E-state index is 0. The standard InChI is InChI=1S/C12H15F3N2O2.ClH/c13-12(14,15)10-4-2-1-3-9(10)5-7-17(8-6-16)11(18)19;/h1-4H,5-8,16H2,(H,18,19);1H. The number of amides is 1. The average molecular weight is 313 g/mol. The van der Waals surface area contributed by atoms with Crippen molar-refractivity contribution in [2.24, 2.45) is 5.73 Å². The van der Waals surface area contributed by atoms with E-state index in [-0.39, 0.29) is 44.0 Å². The van der Waals surface area contributed by atoms with Gasteiger partial charge in [-0.15, -0.1) is 12.4 Å². The fourth-order valence-electron chi connectivity index (χ4n) is 1.73. The van der Waals surface area contributed by atoms with Gasteiger partial charge in [-0.3, -0.25) is 0 Å². The van der Waals surface area contributed by atoms with Gasteiger partial charge in [0.1, 0.15) is 0 Å². The predicted octanol–water partition coefficient (Wildman–Crippen LogP) is 2.61. The van der Waals surface area contributed by atoms with Gasteiger partial charge < -0.3 is 15.7 Å². The number of nitrogens with zero attached hydrogens (tertiary/aromatic N) is 1. The second-order valence-corrected chi connectivity index (χ2v) is 3.96. The van der Waals surface area contributed by atoms with Gasteiger partial charge in [-0.1, -0.05) is 18.2 Å². The van der Waals surface area contributed by atoms with E-state index < -0.39 is 17.8 Å². The van der Waals surface area contributed by atoms with Crippen LogP contribution >= 0.6 is 12.4 Å². The van der Waals surface area contributed by atoms with Crippen molar-refractivity contribution in [1.29, 1.82) is 0 Å². The summed E-state index contributed by atoms with van der Waals surface area (Å²) < 4.78 is 38.2. The summed E-state index contributed by atoms with van der Waals surface area (Å²) in [5.41, 5.74) is 4.60. The van der Waals surface area contributed by atoms with E-state index in [1.807, 2.05) is 0 Å². The zero-order valence-corrected chi connectivity index (χ0v) is 11.4. The Morgan fingerprint density at radius 3 is 2.35 bits per heavy atom. The van der Waals surface area contributed by atoms with Crippen LogP contribution in [0.4, 0.5) is 18.0 Å². The zero-order valence-electron chi connectivity index (χ0n) is 10.6. The molecule has 0 unspecified atom stereocenters. The Morgan fingerprint density at radius 2 is 1.85 bits per heavy atom. The number of hydrogen-bond donors (Lipinski definition) is 2. The van der Waals surface area contributed by atoms with E-state index in [2.05, 4.69) is 0 Å². The lowest BCUT2D eigenvalue weighted by atomic mass is 10.0. The topological polar surface area (TPSA) is 66.6 Å². The monoisotopic (exact) mass is 312 g/mol. The first-order valence-electron chi connectivity index (χ1n) is 5.69. The fraction of sp³-hybridized carbons (Fsp3) is 0.417. The maximum absolute atomic E-state index is 12.7. The molecule has 0 saturated carbocycles. The van der Waals surface area contributed by atoms with Gasteiger partial charge in [0.15, 0.2) is 0 Å². The van der Waals surface area contributed by atoms with Gasteiger partial charge in [-0.2, -0.15) is 13.2 Å². The van der Waals surface area contributed by atoms with Crippen LogP contribution in [0.25, 0.3) is 0 Å². The summed E-state index contributed by atoms with van der Waals surface area (Å²) in [5, 5.41) is 8.86. The summed E-state index contributed by atoms with van der Waals surface area (Å²) >= 11 is 0. The van der Waals surface area contributed by atoms with E-state index in [1.165, 1.54) is 18.2 Å². The number of benzene rings is 1. The molecule has 0 spiro atoms. The Morgan fingerprint density at radius 1 is 1.25 bits per heavy atom. The van der Waals surface area contributed by atoms with Gasteiger partial charge in [0, 0.05) is 19.6 Å². The Kier molecular flexibility index (Phi) is 7.38. The second-order valence-electron chi connectivity index (χ2n) is 3.96. The molecule has 0 aromatic heterocycles. The maximum Gasteiger partial charge on any atom is 0.416 e. The largest absolute Gasteiger partial charge is 0.465 e. The summed E-state index contributed by atoms with van der Waals surface area (Å²) in [6.07, 6.45) is -5.62. The van der Waals surface area contributed by atoms with E-state index >= 15 is 0 Å². The number of carbonyl (C=O) groups is 1. The first-order chi connectivity index (χ1) is 8.86. The van der Waals surface area contributed by atoms with Crippen molar-refractivity contribution in [3.05, 3.63) is 35.4 Å². The van der Waals surface area contributed by atoms with Crippen molar-refractivity contribution >= 4 is 18.5 Å². The first kappa shape index (κ1) is 18.5. The third-order valence-electron chi connectivity index (χ3n) is 2.64. The Bertz CT molecular complexity index is 441. The lowest BCUT2D eigenvalue weighted by Crippen LogP contribution is -2.35. The molecule has 0 bridgehead atoms. The SMILES string of the molecule is Cl.NCCN(CCc1ccccc1C(F)(F)F)C(=O)O. The molecule has 0 heterocycles. The lowest BCUT2D eigenvalue weighted by molar-refractivity contribution is -0.138. The van der Waals surface area contributed by atoms with Gasteiger partial charge in [0.2, 0.25) is 0 Å². The minimum atomic E-state index is -4.43. The van der Waals surface area contributed by atoms with Gasteiger partial charge in [0.05, 0.1) is 5.56 Å². The number of halogens is 4. The van der Waals surface area contributed by atoms with E-state index in [0.29, 0.717) is 0 Å².